The molecule has 2 bridgehead atoms. The summed E-state index contributed by atoms with van der Waals surface area (Å²) in [5, 5.41) is 0. The van der Waals surface area contributed by atoms with Crippen molar-refractivity contribution in [3.63, 3.8) is 0 Å². The summed E-state index contributed by atoms with van der Waals surface area (Å²) in [4.78, 5) is 2.58. The van der Waals surface area contributed by atoms with Gasteiger partial charge in [0.15, 0.2) is 0 Å². The zero-order valence-electron chi connectivity index (χ0n) is 17.2. The fourth-order valence-electron chi connectivity index (χ4n) is 5.50. The summed E-state index contributed by atoms with van der Waals surface area (Å²) in [6, 6.07) is 8.97. The third-order valence-corrected chi connectivity index (χ3v) is 8.95. The predicted octanol–water partition coefficient (Wildman–Crippen LogP) is 6.03. The molecule has 0 aromatic heterocycles. The maximum absolute atomic E-state index is 6.49. The zero-order chi connectivity index (χ0) is 18.2. The minimum absolute atomic E-state index is 0. The van der Waals surface area contributed by atoms with Crippen LogP contribution < -0.4 is 4.74 Å². The van der Waals surface area contributed by atoms with Gasteiger partial charge in [0.25, 0.3) is 0 Å². The van der Waals surface area contributed by atoms with Crippen molar-refractivity contribution in [3.05, 3.63) is 29.8 Å². The number of nitrogens with zero attached hydrogens (tertiary/aromatic N) is 1. The number of halogens is 1. The Morgan fingerprint density at radius 1 is 1.15 bits per heavy atom. The van der Waals surface area contributed by atoms with Crippen LogP contribution in [-0.4, -0.2) is 35.7 Å². The Morgan fingerprint density at radius 2 is 1.93 bits per heavy atom. The van der Waals surface area contributed by atoms with Crippen molar-refractivity contribution in [1.82, 2.24) is 4.90 Å². The number of aryl methyl sites for hydroxylation is 1. The van der Waals surface area contributed by atoms with E-state index >= 15 is 0 Å². The van der Waals surface area contributed by atoms with Gasteiger partial charge in [-0.15, -0.1) is 24.2 Å². The van der Waals surface area contributed by atoms with Gasteiger partial charge in [-0.25, -0.2) is 0 Å². The predicted molar refractivity (Wildman–Crippen MR) is 119 cm³/mol. The SMILES string of the molecule is CC1(C)C2CCC1(C)C(Oc1ccc(CCCCN3CCSC3)cc1)C2.Cl. The van der Waals surface area contributed by atoms with Gasteiger partial charge in [0.2, 0.25) is 0 Å². The number of fused-ring (bicyclic) bond motifs is 2. The highest BCUT2D eigenvalue weighted by Crippen LogP contribution is 2.66. The molecule has 4 rings (SSSR count). The molecule has 0 N–H and O–H groups in total. The van der Waals surface area contributed by atoms with Crippen molar-refractivity contribution in [3.8, 4) is 5.75 Å². The second-order valence-electron chi connectivity index (χ2n) is 9.47. The normalized spacial score (nSPS) is 31.8. The lowest BCUT2D eigenvalue weighted by Gasteiger charge is -2.38. The first-order chi connectivity index (χ1) is 12.5. The van der Waals surface area contributed by atoms with Gasteiger partial charge in [-0.2, -0.15) is 0 Å². The van der Waals surface area contributed by atoms with E-state index in [0.717, 1.165) is 11.7 Å². The van der Waals surface area contributed by atoms with E-state index in [-0.39, 0.29) is 12.4 Å². The van der Waals surface area contributed by atoms with E-state index in [4.69, 9.17) is 4.74 Å². The van der Waals surface area contributed by atoms with Gasteiger partial charge in [-0.3, -0.25) is 4.90 Å². The van der Waals surface area contributed by atoms with Crippen LogP contribution in [-0.2, 0) is 6.42 Å². The Kier molecular flexibility index (Phi) is 6.75. The quantitative estimate of drug-likeness (QED) is 0.510. The van der Waals surface area contributed by atoms with Crippen LogP contribution in [0.5, 0.6) is 5.75 Å². The zero-order valence-corrected chi connectivity index (χ0v) is 18.8. The second kappa shape index (κ2) is 8.55. The number of rotatable bonds is 7. The number of thioether (sulfide) groups is 1. The smallest absolute Gasteiger partial charge is 0.119 e. The largest absolute Gasteiger partial charge is 0.490 e. The molecule has 2 aliphatic carbocycles. The molecule has 1 heterocycles. The third-order valence-electron chi connectivity index (χ3n) is 7.93. The van der Waals surface area contributed by atoms with E-state index in [1.807, 2.05) is 0 Å². The highest BCUT2D eigenvalue weighted by molar-refractivity contribution is 7.99. The van der Waals surface area contributed by atoms with Gasteiger partial charge in [0, 0.05) is 23.6 Å². The summed E-state index contributed by atoms with van der Waals surface area (Å²) in [7, 11) is 0. The molecule has 3 fully saturated rings. The number of unbranched alkanes of at least 4 members (excludes halogenated alkanes) is 1. The van der Waals surface area contributed by atoms with Gasteiger partial charge >= 0.3 is 0 Å². The van der Waals surface area contributed by atoms with Crippen LogP contribution in [0, 0.1) is 16.7 Å². The fourth-order valence-corrected chi connectivity index (χ4v) is 6.53. The van der Waals surface area contributed by atoms with Crippen molar-refractivity contribution in [2.24, 2.45) is 16.7 Å². The third kappa shape index (κ3) is 4.16. The first kappa shape index (κ1) is 21.3. The molecule has 1 aliphatic heterocycles. The van der Waals surface area contributed by atoms with Crippen molar-refractivity contribution in [2.75, 3.05) is 24.7 Å². The standard InChI is InChI=1S/C23H35NOS.ClH/c1-22(2)19-11-12-23(22,3)21(16-19)25-20-9-7-18(8-10-20)6-4-5-13-24-14-15-26-17-24;/h7-10,19,21H,4-6,11-17H2,1-3H3;1H. The molecule has 3 aliphatic rings. The molecule has 0 radical (unpaired) electrons. The molecule has 152 valence electrons. The summed E-state index contributed by atoms with van der Waals surface area (Å²) < 4.78 is 6.49. The monoisotopic (exact) mass is 409 g/mol. The lowest BCUT2D eigenvalue weighted by Crippen LogP contribution is -2.38. The lowest BCUT2D eigenvalue weighted by molar-refractivity contribution is 0.0301. The maximum Gasteiger partial charge on any atom is 0.119 e. The molecule has 1 aromatic carbocycles. The number of ether oxygens (including phenoxy) is 1. The van der Waals surface area contributed by atoms with Crippen LogP contribution in [0.2, 0.25) is 0 Å². The molecule has 4 heteroatoms. The van der Waals surface area contributed by atoms with Gasteiger partial charge in [0.05, 0.1) is 0 Å². The van der Waals surface area contributed by atoms with Crippen LogP contribution in [0.3, 0.4) is 0 Å². The van der Waals surface area contributed by atoms with Crippen molar-refractivity contribution < 1.29 is 4.74 Å². The molecule has 27 heavy (non-hydrogen) atoms. The lowest BCUT2D eigenvalue weighted by atomic mass is 9.70. The Labute approximate surface area is 176 Å². The van der Waals surface area contributed by atoms with Gasteiger partial charge in [-0.1, -0.05) is 32.9 Å². The van der Waals surface area contributed by atoms with Gasteiger partial charge in [0.1, 0.15) is 11.9 Å². The van der Waals surface area contributed by atoms with Gasteiger partial charge in [-0.05, 0) is 74.1 Å². The van der Waals surface area contributed by atoms with Crippen molar-refractivity contribution >= 4 is 24.2 Å². The topological polar surface area (TPSA) is 12.5 Å². The Bertz CT molecular complexity index is 613. The van der Waals surface area contributed by atoms with Crippen LogP contribution in [0.4, 0.5) is 0 Å². The molecule has 1 aromatic rings. The summed E-state index contributed by atoms with van der Waals surface area (Å²) in [6.07, 6.45) is 8.13. The number of hydrogen-bond acceptors (Lipinski definition) is 3. The second-order valence-corrected chi connectivity index (χ2v) is 10.5. The fraction of sp³-hybridized carbons (Fsp3) is 0.739. The number of hydrogen-bond donors (Lipinski definition) is 0. The van der Waals surface area contributed by atoms with Gasteiger partial charge < -0.3 is 4.74 Å². The minimum Gasteiger partial charge on any atom is -0.490 e. The van der Waals surface area contributed by atoms with Crippen LogP contribution in [0.1, 0.15) is 58.4 Å². The van der Waals surface area contributed by atoms with Crippen LogP contribution in [0.25, 0.3) is 0 Å². The molecule has 3 unspecified atom stereocenters. The molecule has 0 spiro atoms. The molecule has 3 atom stereocenters. The Morgan fingerprint density at radius 3 is 2.52 bits per heavy atom. The van der Waals surface area contributed by atoms with Crippen molar-refractivity contribution in [2.45, 2.75) is 65.4 Å². The van der Waals surface area contributed by atoms with E-state index < -0.39 is 0 Å². The van der Waals surface area contributed by atoms with Crippen LogP contribution >= 0.6 is 24.2 Å². The Balaban J connectivity index is 0.00000210. The summed E-state index contributed by atoms with van der Waals surface area (Å²) in [5.41, 5.74) is 2.21. The highest BCUT2D eigenvalue weighted by atomic mass is 35.5. The summed E-state index contributed by atoms with van der Waals surface area (Å²) in [5.74, 6) is 4.46. The maximum atomic E-state index is 6.49. The molecule has 1 saturated heterocycles. The summed E-state index contributed by atoms with van der Waals surface area (Å²) in [6.45, 7) is 9.92. The molecule has 2 saturated carbocycles. The first-order valence-electron chi connectivity index (χ1n) is 10.5. The summed E-state index contributed by atoms with van der Waals surface area (Å²) >= 11 is 2.07. The van der Waals surface area contributed by atoms with E-state index in [0.29, 0.717) is 16.9 Å². The van der Waals surface area contributed by atoms with E-state index in [2.05, 4.69) is 61.7 Å². The molecule has 0 amide bonds. The Hall–Kier alpha value is -0.380. The van der Waals surface area contributed by atoms with E-state index in [9.17, 15) is 0 Å². The molecular weight excluding hydrogens is 374 g/mol. The first-order valence-corrected chi connectivity index (χ1v) is 11.7. The molecule has 2 nitrogen and oxygen atoms in total. The number of benzene rings is 1. The van der Waals surface area contributed by atoms with Crippen LogP contribution in [0.15, 0.2) is 24.3 Å². The van der Waals surface area contributed by atoms with E-state index in [1.165, 1.54) is 68.8 Å². The highest BCUT2D eigenvalue weighted by Gasteiger charge is 2.62. The minimum atomic E-state index is 0. The molecular formula is C23H36ClNOS. The average molecular weight is 410 g/mol. The average Bonchev–Trinajstić information content (AvgIpc) is 3.26. The van der Waals surface area contributed by atoms with Crippen molar-refractivity contribution in [1.29, 1.82) is 0 Å². The van der Waals surface area contributed by atoms with E-state index in [1.54, 1.807) is 0 Å².